The molecule has 0 aromatic heterocycles. The number of hydrogen-bond acceptors (Lipinski definition) is 5. The van der Waals surface area contributed by atoms with E-state index in [9.17, 15) is 9.90 Å². The van der Waals surface area contributed by atoms with E-state index in [0.717, 1.165) is 5.56 Å². The van der Waals surface area contributed by atoms with E-state index in [2.05, 4.69) is 0 Å². The number of aliphatic hydroxyl groups is 1. The van der Waals surface area contributed by atoms with Crippen molar-refractivity contribution in [2.45, 2.75) is 45.0 Å². The zero-order chi connectivity index (χ0) is 20.0. The number of allylic oxidation sites excluding steroid dienone is 1. The molecule has 0 aliphatic carbocycles. The summed E-state index contributed by atoms with van der Waals surface area (Å²) < 4.78 is 16.1. The minimum atomic E-state index is -1.79. The Hall–Kier alpha value is -1.95. The van der Waals surface area contributed by atoms with Gasteiger partial charge in [-0.2, -0.15) is 0 Å². The Bertz CT molecular complexity index is 671. The first kappa shape index (κ1) is 21.4. The highest BCUT2D eigenvalue weighted by atomic mass is 16.7. The van der Waals surface area contributed by atoms with Crippen LogP contribution >= 0.6 is 0 Å². The molecule has 1 fully saturated rings. The molecule has 0 saturated carbocycles. The van der Waals surface area contributed by atoms with Crippen LogP contribution in [0.3, 0.4) is 0 Å². The lowest BCUT2D eigenvalue weighted by Crippen LogP contribution is -2.49. The topological polar surface area (TPSA) is 65.0 Å². The highest BCUT2D eigenvalue weighted by Crippen LogP contribution is 2.36. The molecular weight excluding hydrogens is 344 g/mol. The minimum Gasteiger partial charge on any atom is -0.467 e. The van der Waals surface area contributed by atoms with Gasteiger partial charge in [0.05, 0.1) is 20.3 Å². The Morgan fingerprint density at radius 1 is 1.22 bits per heavy atom. The molecule has 1 aliphatic rings. The number of ether oxygens (including phenoxy) is 3. The molecule has 1 aromatic rings. The Kier molecular flexibility index (Phi) is 6.98. The molecular formula is C22H30O5. The maximum Gasteiger partial charge on any atom is 0.342 e. The fourth-order valence-electron chi connectivity index (χ4n) is 3.03. The molecule has 27 heavy (non-hydrogen) atoms. The maximum absolute atomic E-state index is 12.4. The van der Waals surface area contributed by atoms with Crippen LogP contribution in [0.15, 0.2) is 48.6 Å². The van der Waals surface area contributed by atoms with Gasteiger partial charge in [0.2, 0.25) is 0 Å². The summed E-state index contributed by atoms with van der Waals surface area (Å²) >= 11 is 0. The van der Waals surface area contributed by atoms with Gasteiger partial charge >= 0.3 is 5.97 Å². The summed E-state index contributed by atoms with van der Waals surface area (Å²) in [6, 6.07) is 9.51. The number of esters is 1. The first-order valence-electron chi connectivity index (χ1n) is 9.23. The Labute approximate surface area is 161 Å². The third kappa shape index (κ3) is 5.28. The second-order valence-electron chi connectivity index (χ2n) is 7.50. The molecule has 0 unspecified atom stereocenters. The van der Waals surface area contributed by atoms with E-state index in [-0.39, 0.29) is 0 Å². The van der Waals surface area contributed by atoms with Crippen molar-refractivity contribution < 1.29 is 24.1 Å². The first-order valence-corrected chi connectivity index (χ1v) is 9.23. The standard InChI is InChI=1S/C22H30O5/c1-20(2,13-8-9-14-21(3)26-16-17-27-21)22(24,19(23)25-4)15-12-18-10-6-5-7-11-18/h5-8,10-13,15,24H,9,14,16-17H2,1-4H3/b13-8+,15-12+/t22-/m0/s1. The molecule has 5 heteroatoms. The summed E-state index contributed by atoms with van der Waals surface area (Å²) in [6.45, 7) is 6.75. The highest BCUT2D eigenvalue weighted by molar-refractivity contribution is 5.84. The summed E-state index contributed by atoms with van der Waals surface area (Å²) in [6.07, 6.45) is 8.44. The normalized spacial score (nSPS) is 19.4. The molecule has 1 aromatic carbocycles. The van der Waals surface area contributed by atoms with Crippen LogP contribution in [0.25, 0.3) is 6.08 Å². The Balaban J connectivity index is 2.13. The molecule has 1 saturated heterocycles. The van der Waals surface area contributed by atoms with Gasteiger partial charge in [0.15, 0.2) is 11.4 Å². The molecule has 0 spiro atoms. The molecule has 5 nitrogen and oxygen atoms in total. The summed E-state index contributed by atoms with van der Waals surface area (Å²) in [5.74, 6) is -1.25. The van der Waals surface area contributed by atoms with E-state index in [1.165, 1.54) is 13.2 Å². The largest absolute Gasteiger partial charge is 0.467 e. The number of methoxy groups -OCH3 is 1. The molecule has 1 N–H and O–H groups in total. The smallest absolute Gasteiger partial charge is 0.342 e. The second-order valence-corrected chi connectivity index (χ2v) is 7.50. The fraction of sp³-hybridized carbons (Fsp3) is 0.500. The van der Waals surface area contributed by atoms with Crippen LogP contribution in [-0.2, 0) is 19.0 Å². The number of rotatable bonds is 8. The van der Waals surface area contributed by atoms with Crippen LogP contribution in [0.1, 0.15) is 39.2 Å². The van der Waals surface area contributed by atoms with Gasteiger partial charge in [-0.3, -0.25) is 0 Å². The van der Waals surface area contributed by atoms with Crippen LogP contribution in [-0.4, -0.2) is 42.8 Å². The Morgan fingerprint density at radius 2 is 1.85 bits per heavy atom. The number of carbonyl (C=O) groups excluding carboxylic acids is 1. The van der Waals surface area contributed by atoms with Crippen LogP contribution < -0.4 is 0 Å². The molecule has 0 radical (unpaired) electrons. The lowest BCUT2D eigenvalue weighted by atomic mass is 9.73. The molecule has 148 valence electrons. The van der Waals surface area contributed by atoms with Gasteiger partial charge in [0, 0.05) is 11.8 Å². The zero-order valence-corrected chi connectivity index (χ0v) is 16.6. The molecule has 1 aliphatic heterocycles. The fourth-order valence-corrected chi connectivity index (χ4v) is 3.03. The summed E-state index contributed by atoms with van der Waals surface area (Å²) in [7, 11) is 1.28. The predicted molar refractivity (Wildman–Crippen MR) is 105 cm³/mol. The van der Waals surface area contributed by atoms with Gasteiger partial charge < -0.3 is 19.3 Å². The lowest BCUT2D eigenvalue weighted by Gasteiger charge is -2.36. The van der Waals surface area contributed by atoms with Crippen LogP contribution in [0.5, 0.6) is 0 Å². The van der Waals surface area contributed by atoms with Crippen molar-refractivity contribution in [3.05, 3.63) is 54.1 Å². The van der Waals surface area contributed by atoms with Crippen molar-refractivity contribution in [1.29, 1.82) is 0 Å². The van der Waals surface area contributed by atoms with Gasteiger partial charge in [-0.15, -0.1) is 0 Å². The van der Waals surface area contributed by atoms with Crippen molar-refractivity contribution >= 4 is 12.0 Å². The highest BCUT2D eigenvalue weighted by Gasteiger charge is 2.47. The maximum atomic E-state index is 12.4. The number of hydrogen-bond donors (Lipinski definition) is 1. The summed E-state index contributed by atoms with van der Waals surface area (Å²) in [5, 5.41) is 11.2. The van der Waals surface area contributed by atoms with Crippen LogP contribution in [0.2, 0.25) is 0 Å². The molecule has 0 bridgehead atoms. The monoisotopic (exact) mass is 374 g/mol. The summed E-state index contributed by atoms with van der Waals surface area (Å²) in [4.78, 5) is 12.4. The van der Waals surface area contributed by atoms with E-state index in [4.69, 9.17) is 14.2 Å². The number of carbonyl (C=O) groups is 1. The minimum absolute atomic E-state index is 0.555. The van der Waals surface area contributed by atoms with Crippen LogP contribution in [0, 0.1) is 5.41 Å². The lowest BCUT2D eigenvalue weighted by molar-refractivity contribution is -0.165. The first-order chi connectivity index (χ1) is 12.7. The third-order valence-corrected chi connectivity index (χ3v) is 4.99. The van der Waals surface area contributed by atoms with Crippen molar-refractivity contribution in [2.24, 2.45) is 5.41 Å². The van der Waals surface area contributed by atoms with Crippen LogP contribution in [0.4, 0.5) is 0 Å². The van der Waals surface area contributed by atoms with Crippen molar-refractivity contribution in [2.75, 3.05) is 20.3 Å². The van der Waals surface area contributed by atoms with E-state index in [1.807, 2.05) is 49.4 Å². The summed E-state index contributed by atoms with van der Waals surface area (Å²) in [5.41, 5.74) is -1.77. The van der Waals surface area contributed by atoms with E-state index in [1.54, 1.807) is 19.9 Å². The number of benzene rings is 1. The molecule has 1 atom stereocenters. The van der Waals surface area contributed by atoms with Gasteiger partial charge in [-0.1, -0.05) is 62.4 Å². The van der Waals surface area contributed by atoms with Gasteiger partial charge in [-0.25, -0.2) is 4.79 Å². The zero-order valence-electron chi connectivity index (χ0n) is 16.6. The van der Waals surface area contributed by atoms with E-state index in [0.29, 0.717) is 26.1 Å². The SMILES string of the molecule is COC(=O)[C@@](O)(/C=C/c1ccccc1)C(C)(C)/C=C/CCC1(C)OCCO1. The van der Waals surface area contributed by atoms with Crippen molar-refractivity contribution in [3.8, 4) is 0 Å². The van der Waals surface area contributed by atoms with Gasteiger partial charge in [0.1, 0.15) is 0 Å². The average molecular weight is 374 g/mol. The Morgan fingerprint density at radius 3 is 2.44 bits per heavy atom. The quantitative estimate of drug-likeness (QED) is 0.555. The predicted octanol–water partition coefficient (Wildman–Crippen LogP) is 3.73. The van der Waals surface area contributed by atoms with E-state index < -0.39 is 22.8 Å². The van der Waals surface area contributed by atoms with Crippen molar-refractivity contribution in [3.63, 3.8) is 0 Å². The molecule has 0 amide bonds. The third-order valence-electron chi connectivity index (χ3n) is 4.99. The molecule has 1 heterocycles. The van der Waals surface area contributed by atoms with Crippen molar-refractivity contribution in [1.82, 2.24) is 0 Å². The second kappa shape index (κ2) is 8.83. The average Bonchev–Trinajstić information content (AvgIpc) is 3.10. The van der Waals surface area contributed by atoms with Gasteiger partial charge in [0.25, 0.3) is 0 Å². The van der Waals surface area contributed by atoms with Gasteiger partial charge in [-0.05, 0) is 25.0 Å². The molecule has 2 rings (SSSR count). The van der Waals surface area contributed by atoms with E-state index >= 15 is 0 Å².